The number of hydrogen-bond acceptors (Lipinski definition) is 5. The summed E-state index contributed by atoms with van der Waals surface area (Å²) in [6.45, 7) is 2.33. The molecule has 3 N–H and O–H groups in total. The number of nitrogens with two attached hydrogens (primary N) is 1. The van der Waals surface area contributed by atoms with E-state index < -0.39 is 10.0 Å². The lowest BCUT2D eigenvalue weighted by Crippen LogP contribution is -2.43. The molecular weight excluding hydrogens is 292 g/mol. The standard InChI is InChI=1S/C13H24N4O3S/c1-2-16-10-12(13(14)15-16)21(19,20)17(8-9-18)11-6-4-3-5-7-11/h10-11,18H,2-9H2,1H3,(H2,14,15). The fourth-order valence-electron chi connectivity index (χ4n) is 2.87. The summed E-state index contributed by atoms with van der Waals surface area (Å²) < 4.78 is 28.6. The Bertz CT molecular complexity index is 564. The summed E-state index contributed by atoms with van der Waals surface area (Å²) in [7, 11) is -3.72. The first-order chi connectivity index (χ1) is 10.0. The maximum absolute atomic E-state index is 12.9. The predicted molar refractivity (Wildman–Crippen MR) is 80.2 cm³/mol. The minimum atomic E-state index is -3.72. The summed E-state index contributed by atoms with van der Waals surface area (Å²) in [5, 5.41) is 13.2. The first kappa shape index (κ1) is 16.3. The molecule has 1 aliphatic rings. The number of rotatable bonds is 6. The Labute approximate surface area is 125 Å². The van der Waals surface area contributed by atoms with Crippen molar-refractivity contribution in [2.45, 2.75) is 56.5 Å². The number of aromatic nitrogens is 2. The number of aryl methyl sites for hydroxylation is 1. The Balaban J connectivity index is 2.34. The molecule has 2 rings (SSSR count). The van der Waals surface area contributed by atoms with E-state index >= 15 is 0 Å². The normalized spacial score (nSPS) is 17.5. The minimum absolute atomic E-state index is 0.0237. The van der Waals surface area contributed by atoms with E-state index in [0.717, 1.165) is 32.1 Å². The van der Waals surface area contributed by atoms with Crippen LogP contribution in [0.25, 0.3) is 0 Å². The second-order valence-corrected chi connectivity index (χ2v) is 7.22. The van der Waals surface area contributed by atoms with Gasteiger partial charge in [-0.3, -0.25) is 4.68 Å². The summed E-state index contributed by atoms with van der Waals surface area (Å²) in [4.78, 5) is 0.0448. The van der Waals surface area contributed by atoms with E-state index in [-0.39, 0.29) is 29.9 Å². The summed E-state index contributed by atoms with van der Waals surface area (Å²) in [6.07, 6.45) is 6.32. The molecule has 1 aliphatic carbocycles. The molecule has 1 aromatic heterocycles. The fraction of sp³-hybridized carbons (Fsp3) is 0.769. The first-order valence-corrected chi connectivity index (χ1v) is 8.90. The molecule has 0 radical (unpaired) electrons. The highest BCUT2D eigenvalue weighted by atomic mass is 32.2. The van der Waals surface area contributed by atoms with Gasteiger partial charge in [-0.25, -0.2) is 8.42 Å². The molecule has 8 heteroatoms. The molecule has 0 aromatic carbocycles. The molecule has 0 saturated heterocycles. The lowest BCUT2D eigenvalue weighted by atomic mass is 9.95. The molecule has 1 saturated carbocycles. The highest BCUT2D eigenvalue weighted by Gasteiger charge is 2.34. The SMILES string of the molecule is CCn1cc(S(=O)(=O)N(CCO)C2CCCCC2)c(N)n1. The van der Waals surface area contributed by atoms with E-state index in [9.17, 15) is 13.5 Å². The zero-order valence-electron chi connectivity index (χ0n) is 12.4. The lowest BCUT2D eigenvalue weighted by Gasteiger charge is -2.32. The van der Waals surface area contributed by atoms with Gasteiger partial charge in [-0.15, -0.1) is 0 Å². The van der Waals surface area contributed by atoms with Gasteiger partial charge in [-0.1, -0.05) is 19.3 Å². The number of aliphatic hydroxyl groups excluding tert-OH is 1. The summed E-state index contributed by atoms with van der Waals surface area (Å²) in [6, 6.07) is -0.0553. The van der Waals surface area contributed by atoms with Crippen molar-refractivity contribution in [1.82, 2.24) is 14.1 Å². The van der Waals surface area contributed by atoms with Gasteiger partial charge in [0.1, 0.15) is 4.90 Å². The zero-order valence-corrected chi connectivity index (χ0v) is 13.2. The summed E-state index contributed by atoms with van der Waals surface area (Å²) in [5.74, 6) is 0.0237. The van der Waals surface area contributed by atoms with Crippen molar-refractivity contribution in [3.63, 3.8) is 0 Å². The van der Waals surface area contributed by atoms with Gasteiger partial charge in [-0.05, 0) is 19.8 Å². The van der Waals surface area contributed by atoms with Crippen molar-refractivity contribution in [3.8, 4) is 0 Å². The first-order valence-electron chi connectivity index (χ1n) is 7.46. The number of sulfonamides is 1. The maximum Gasteiger partial charge on any atom is 0.248 e. The molecule has 0 atom stereocenters. The number of nitrogen functional groups attached to an aromatic ring is 1. The van der Waals surface area contributed by atoms with Crippen LogP contribution in [0.1, 0.15) is 39.0 Å². The molecule has 1 heterocycles. The monoisotopic (exact) mass is 316 g/mol. The third-order valence-corrected chi connectivity index (χ3v) is 5.94. The van der Waals surface area contributed by atoms with Crippen molar-refractivity contribution in [2.24, 2.45) is 0 Å². The van der Waals surface area contributed by atoms with Crippen LogP contribution in [-0.2, 0) is 16.6 Å². The number of nitrogens with zero attached hydrogens (tertiary/aromatic N) is 3. The number of anilines is 1. The molecule has 21 heavy (non-hydrogen) atoms. The van der Waals surface area contributed by atoms with Gasteiger partial charge in [-0.2, -0.15) is 9.40 Å². The van der Waals surface area contributed by atoms with Crippen molar-refractivity contribution >= 4 is 15.8 Å². The van der Waals surface area contributed by atoms with Gasteiger partial charge in [0, 0.05) is 25.3 Å². The van der Waals surface area contributed by atoms with Crippen molar-refractivity contribution in [3.05, 3.63) is 6.20 Å². The van der Waals surface area contributed by atoms with E-state index in [4.69, 9.17) is 5.73 Å². The van der Waals surface area contributed by atoms with Crippen LogP contribution in [0.5, 0.6) is 0 Å². The van der Waals surface area contributed by atoms with Crippen LogP contribution in [-0.4, -0.2) is 46.8 Å². The van der Waals surface area contributed by atoms with Crippen LogP contribution >= 0.6 is 0 Å². The van der Waals surface area contributed by atoms with Gasteiger partial charge >= 0.3 is 0 Å². The Morgan fingerprint density at radius 1 is 1.43 bits per heavy atom. The smallest absolute Gasteiger partial charge is 0.248 e. The molecule has 120 valence electrons. The van der Waals surface area contributed by atoms with Crippen LogP contribution in [0.4, 0.5) is 5.82 Å². The maximum atomic E-state index is 12.9. The Hall–Kier alpha value is -1.12. The topological polar surface area (TPSA) is 101 Å². The predicted octanol–water partition coefficient (Wildman–Crippen LogP) is 0.801. The molecule has 0 amide bonds. The third kappa shape index (κ3) is 3.38. The Morgan fingerprint density at radius 2 is 2.10 bits per heavy atom. The minimum Gasteiger partial charge on any atom is -0.395 e. The molecule has 0 unspecified atom stereocenters. The molecule has 1 aromatic rings. The van der Waals surface area contributed by atoms with Gasteiger partial charge in [0.05, 0.1) is 6.61 Å². The average Bonchev–Trinajstić information content (AvgIpc) is 2.87. The summed E-state index contributed by atoms with van der Waals surface area (Å²) in [5.41, 5.74) is 5.77. The summed E-state index contributed by atoms with van der Waals surface area (Å²) >= 11 is 0. The van der Waals surface area contributed by atoms with Crippen molar-refractivity contribution in [2.75, 3.05) is 18.9 Å². The van der Waals surface area contributed by atoms with Crippen LogP contribution < -0.4 is 5.73 Å². The van der Waals surface area contributed by atoms with E-state index in [1.165, 1.54) is 15.2 Å². The van der Waals surface area contributed by atoms with Crippen molar-refractivity contribution < 1.29 is 13.5 Å². The molecule has 7 nitrogen and oxygen atoms in total. The molecule has 0 spiro atoms. The van der Waals surface area contributed by atoms with Gasteiger partial charge in [0.2, 0.25) is 10.0 Å². The zero-order chi connectivity index (χ0) is 15.5. The Kier molecular flexibility index (Phi) is 5.23. The quantitative estimate of drug-likeness (QED) is 0.808. The fourth-order valence-corrected chi connectivity index (χ4v) is 4.61. The molecular formula is C13H24N4O3S. The number of hydrogen-bond donors (Lipinski definition) is 2. The van der Waals surface area contributed by atoms with Gasteiger partial charge < -0.3 is 10.8 Å². The van der Waals surface area contributed by atoms with E-state index in [1.54, 1.807) is 0 Å². The van der Waals surface area contributed by atoms with E-state index in [2.05, 4.69) is 5.10 Å². The van der Waals surface area contributed by atoms with Gasteiger partial charge in [0.25, 0.3) is 0 Å². The molecule has 0 aliphatic heterocycles. The van der Waals surface area contributed by atoms with E-state index in [1.807, 2.05) is 6.92 Å². The highest BCUT2D eigenvalue weighted by Crippen LogP contribution is 2.29. The molecule has 0 bridgehead atoms. The van der Waals surface area contributed by atoms with Crippen LogP contribution in [0.2, 0.25) is 0 Å². The lowest BCUT2D eigenvalue weighted by molar-refractivity contribution is 0.199. The number of aliphatic hydroxyl groups is 1. The van der Waals surface area contributed by atoms with Crippen molar-refractivity contribution in [1.29, 1.82) is 0 Å². The second kappa shape index (κ2) is 6.76. The van der Waals surface area contributed by atoms with Crippen LogP contribution in [0, 0.1) is 0 Å². The largest absolute Gasteiger partial charge is 0.395 e. The van der Waals surface area contributed by atoms with Gasteiger partial charge in [0.15, 0.2) is 5.82 Å². The molecule has 1 fully saturated rings. The van der Waals surface area contributed by atoms with E-state index in [0.29, 0.717) is 6.54 Å². The third-order valence-electron chi connectivity index (χ3n) is 3.97. The second-order valence-electron chi connectivity index (χ2n) is 5.37. The van der Waals surface area contributed by atoms with Crippen LogP contribution in [0.15, 0.2) is 11.1 Å². The average molecular weight is 316 g/mol. The highest BCUT2D eigenvalue weighted by molar-refractivity contribution is 7.89. The Morgan fingerprint density at radius 3 is 2.62 bits per heavy atom. The van der Waals surface area contributed by atoms with Crippen LogP contribution in [0.3, 0.4) is 0 Å².